The van der Waals surface area contributed by atoms with Gasteiger partial charge in [0.05, 0.1) is 11.4 Å². The van der Waals surface area contributed by atoms with Crippen molar-refractivity contribution in [2.45, 2.75) is 80.1 Å². The van der Waals surface area contributed by atoms with E-state index in [1.165, 1.54) is 0 Å². The van der Waals surface area contributed by atoms with E-state index in [9.17, 15) is 10.2 Å². The van der Waals surface area contributed by atoms with Crippen LogP contribution in [0, 0.1) is 25.7 Å². The summed E-state index contributed by atoms with van der Waals surface area (Å²) in [5, 5.41) is 23.5. The van der Waals surface area contributed by atoms with Crippen molar-refractivity contribution >= 4 is 0 Å². The summed E-state index contributed by atoms with van der Waals surface area (Å²) < 4.78 is 0. The number of rotatable bonds is 8. The molecule has 0 bridgehead atoms. The first-order valence-electron chi connectivity index (χ1n) is 16.5. The molecule has 0 spiro atoms. The third-order valence-electron chi connectivity index (χ3n) is 10.5. The zero-order valence-electron chi connectivity index (χ0n) is 29.2. The van der Waals surface area contributed by atoms with E-state index >= 15 is 0 Å². The number of aromatic nitrogens is 1. The smallest absolute Gasteiger partial charge is 0.127 e. The monoisotopic (exact) mass is 611 g/mol. The number of hydrogen-bond acceptors (Lipinski definition) is 3. The molecule has 238 valence electrons. The van der Waals surface area contributed by atoms with Gasteiger partial charge in [0.25, 0.3) is 0 Å². The maximum absolute atomic E-state index is 11.7. The Morgan fingerprint density at radius 1 is 0.478 bits per heavy atom. The van der Waals surface area contributed by atoms with Gasteiger partial charge in [-0.05, 0) is 83.0 Å². The van der Waals surface area contributed by atoms with Crippen molar-refractivity contribution in [1.29, 1.82) is 0 Å². The Labute approximate surface area is 276 Å². The van der Waals surface area contributed by atoms with E-state index in [2.05, 4.69) is 118 Å². The lowest BCUT2D eigenvalue weighted by Gasteiger charge is -2.32. The second kappa shape index (κ2) is 12.4. The third kappa shape index (κ3) is 5.96. The van der Waals surface area contributed by atoms with Crippen LogP contribution in [0.3, 0.4) is 0 Å². The lowest BCUT2D eigenvalue weighted by Crippen LogP contribution is -2.24. The predicted octanol–water partition coefficient (Wildman–Crippen LogP) is 11.6. The minimum atomic E-state index is -0.201. The van der Waals surface area contributed by atoms with E-state index in [-0.39, 0.29) is 10.8 Å². The molecule has 0 radical (unpaired) electrons. The molecule has 4 aromatic carbocycles. The molecular formula is C43H49NO2. The summed E-state index contributed by atoms with van der Waals surface area (Å²) in [6.07, 6.45) is 0. The molecule has 0 aliphatic carbocycles. The van der Waals surface area contributed by atoms with Crippen LogP contribution in [0.5, 0.6) is 11.5 Å². The number of nitrogens with zero attached hydrogens (tertiary/aromatic N) is 1. The van der Waals surface area contributed by atoms with Gasteiger partial charge in [0.2, 0.25) is 0 Å². The van der Waals surface area contributed by atoms with Crippen LogP contribution in [-0.2, 0) is 10.8 Å². The molecule has 0 amide bonds. The molecule has 3 heteroatoms. The molecule has 1 heterocycles. The number of aryl methyl sites for hydroxylation is 2. The maximum atomic E-state index is 11.7. The van der Waals surface area contributed by atoms with Gasteiger partial charge in [-0.3, -0.25) is 0 Å². The molecular weight excluding hydrogens is 562 g/mol. The summed E-state index contributed by atoms with van der Waals surface area (Å²) in [4.78, 5) is 5.23. The lowest BCUT2D eigenvalue weighted by molar-refractivity contribution is 0.352. The number of benzene rings is 4. The number of aromatic hydroxyl groups is 2. The van der Waals surface area contributed by atoms with E-state index in [1.54, 1.807) is 0 Å². The molecule has 0 atom stereocenters. The van der Waals surface area contributed by atoms with Gasteiger partial charge in [-0.1, -0.05) is 122 Å². The predicted molar refractivity (Wildman–Crippen MR) is 195 cm³/mol. The molecule has 46 heavy (non-hydrogen) atoms. The molecule has 5 rings (SSSR count). The number of hydrogen-bond donors (Lipinski definition) is 2. The number of phenolic OH excluding ortho intramolecular Hbond substituents is 2. The fourth-order valence-corrected chi connectivity index (χ4v) is 6.19. The average molecular weight is 612 g/mol. The standard InChI is InChI=1S/C43H49NO2/c1-26(2)42(7,8)36-24-28(5)22-34(40(36)45)30-16-11-13-18-32(30)38-20-15-21-39(44-38)33-19-14-12-17-31(33)35-23-29(6)25-37(41(35)46)43(9,10)27(3)4/h11-27,45-46H,1-10H3. The highest BCUT2D eigenvalue weighted by Gasteiger charge is 2.31. The molecule has 2 N–H and O–H groups in total. The molecule has 0 unspecified atom stereocenters. The van der Waals surface area contributed by atoms with Crippen molar-refractivity contribution < 1.29 is 10.2 Å². The van der Waals surface area contributed by atoms with Crippen LogP contribution in [-0.4, -0.2) is 15.2 Å². The van der Waals surface area contributed by atoms with Gasteiger partial charge < -0.3 is 10.2 Å². The molecule has 0 aliphatic rings. The van der Waals surface area contributed by atoms with Gasteiger partial charge in [0, 0.05) is 33.4 Å². The average Bonchev–Trinajstić information content (AvgIpc) is 3.02. The molecule has 5 aromatic rings. The maximum Gasteiger partial charge on any atom is 0.127 e. The second-order valence-electron chi connectivity index (χ2n) is 14.7. The first-order chi connectivity index (χ1) is 21.6. The van der Waals surface area contributed by atoms with Crippen molar-refractivity contribution in [3.63, 3.8) is 0 Å². The molecule has 0 saturated carbocycles. The summed E-state index contributed by atoms with van der Waals surface area (Å²) in [7, 11) is 0. The van der Waals surface area contributed by atoms with Gasteiger partial charge >= 0.3 is 0 Å². The number of pyridine rings is 1. The highest BCUT2D eigenvalue weighted by molar-refractivity contribution is 5.89. The minimum Gasteiger partial charge on any atom is -0.507 e. The van der Waals surface area contributed by atoms with Crippen LogP contribution in [0.15, 0.2) is 91.0 Å². The van der Waals surface area contributed by atoms with Crippen LogP contribution in [0.4, 0.5) is 0 Å². The second-order valence-corrected chi connectivity index (χ2v) is 14.7. The van der Waals surface area contributed by atoms with Crippen molar-refractivity contribution in [3.8, 4) is 56.3 Å². The quantitative estimate of drug-likeness (QED) is 0.183. The fourth-order valence-electron chi connectivity index (χ4n) is 6.19. The largest absolute Gasteiger partial charge is 0.507 e. The van der Waals surface area contributed by atoms with Gasteiger partial charge in [-0.25, -0.2) is 4.98 Å². The topological polar surface area (TPSA) is 53.4 Å². The highest BCUT2D eigenvalue weighted by atomic mass is 16.3. The Morgan fingerprint density at radius 3 is 1.17 bits per heavy atom. The molecule has 3 nitrogen and oxygen atoms in total. The Kier molecular flexibility index (Phi) is 8.92. The zero-order valence-corrected chi connectivity index (χ0v) is 29.2. The summed E-state index contributed by atoms with van der Waals surface area (Å²) in [6.45, 7) is 21.8. The first-order valence-corrected chi connectivity index (χ1v) is 16.5. The molecule has 0 saturated heterocycles. The SMILES string of the molecule is Cc1cc(-c2ccccc2-c2cccc(-c3ccccc3-c3cc(C)cc(C(C)(C)C(C)C)c3O)n2)c(O)c(C(C)(C)C(C)C)c1. The molecule has 0 fully saturated rings. The van der Waals surface area contributed by atoms with Crippen molar-refractivity contribution in [1.82, 2.24) is 4.98 Å². The first kappa shape index (κ1) is 33.0. The zero-order chi connectivity index (χ0) is 33.6. The summed E-state index contributed by atoms with van der Waals surface area (Å²) in [5.74, 6) is 1.35. The highest BCUT2D eigenvalue weighted by Crippen LogP contribution is 2.47. The van der Waals surface area contributed by atoms with E-state index in [0.717, 1.165) is 67.0 Å². The Morgan fingerprint density at radius 2 is 0.826 bits per heavy atom. The van der Waals surface area contributed by atoms with E-state index < -0.39 is 0 Å². The number of phenols is 2. The van der Waals surface area contributed by atoms with Gasteiger partial charge in [0.1, 0.15) is 11.5 Å². The van der Waals surface area contributed by atoms with Crippen LogP contribution in [0.2, 0.25) is 0 Å². The molecule has 1 aromatic heterocycles. The normalized spacial score (nSPS) is 12.3. The van der Waals surface area contributed by atoms with Gasteiger partial charge in [-0.15, -0.1) is 0 Å². The third-order valence-corrected chi connectivity index (χ3v) is 10.5. The summed E-state index contributed by atoms with van der Waals surface area (Å²) >= 11 is 0. The Balaban J connectivity index is 1.67. The fraction of sp³-hybridized carbons (Fsp3) is 0.326. The summed E-state index contributed by atoms with van der Waals surface area (Å²) in [5.41, 5.74) is 10.8. The van der Waals surface area contributed by atoms with Gasteiger partial charge in [-0.2, -0.15) is 0 Å². The molecule has 0 aliphatic heterocycles. The van der Waals surface area contributed by atoms with Crippen LogP contribution in [0.1, 0.15) is 77.6 Å². The Bertz CT molecular complexity index is 1760. The van der Waals surface area contributed by atoms with Crippen LogP contribution in [0.25, 0.3) is 44.8 Å². The minimum absolute atomic E-state index is 0.201. The van der Waals surface area contributed by atoms with Crippen LogP contribution >= 0.6 is 0 Å². The van der Waals surface area contributed by atoms with Gasteiger partial charge in [0.15, 0.2) is 0 Å². The van der Waals surface area contributed by atoms with Crippen molar-refractivity contribution in [2.75, 3.05) is 0 Å². The lowest BCUT2D eigenvalue weighted by atomic mass is 9.73. The Hall–Kier alpha value is -4.37. The van der Waals surface area contributed by atoms with E-state index in [4.69, 9.17) is 4.98 Å². The van der Waals surface area contributed by atoms with E-state index in [1.807, 2.05) is 42.5 Å². The van der Waals surface area contributed by atoms with Crippen LogP contribution < -0.4 is 0 Å². The van der Waals surface area contributed by atoms with Crippen molar-refractivity contribution in [2.24, 2.45) is 11.8 Å². The van der Waals surface area contributed by atoms with E-state index in [0.29, 0.717) is 23.3 Å². The van der Waals surface area contributed by atoms with Crippen molar-refractivity contribution in [3.05, 3.63) is 113 Å². The summed E-state index contributed by atoms with van der Waals surface area (Å²) in [6, 6.07) is 30.9.